The first-order valence-corrected chi connectivity index (χ1v) is 5.62. The fourth-order valence-electron chi connectivity index (χ4n) is 1.07. The molecule has 15 heavy (non-hydrogen) atoms. The number of rotatable bonds is 1. The molecule has 0 aliphatic carbocycles. The van der Waals surface area contributed by atoms with E-state index < -0.39 is 0 Å². The van der Waals surface area contributed by atoms with Crippen LogP contribution in [0.1, 0.15) is 18.7 Å². The van der Waals surface area contributed by atoms with Gasteiger partial charge in [0.05, 0.1) is 0 Å². The van der Waals surface area contributed by atoms with Crippen molar-refractivity contribution in [2.24, 2.45) is 0 Å². The number of thiophene rings is 1. The van der Waals surface area contributed by atoms with Crippen LogP contribution in [0.3, 0.4) is 0 Å². The third-order valence-electron chi connectivity index (χ3n) is 1.59. The summed E-state index contributed by atoms with van der Waals surface area (Å²) in [4.78, 5) is 1.02. The summed E-state index contributed by atoms with van der Waals surface area (Å²) in [6.45, 7) is 3.44. The molecule has 3 heteroatoms. The summed E-state index contributed by atoms with van der Waals surface area (Å²) in [7, 11) is 0. The number of benzene rings is 1. The van der Waals surface area contributed by atoms with Gasteiger partial charge in [-0.1, -0.05) is 18.2 Å². The van der Waals surface area contributed by atoms with E-state index in [-0.39, 0.29) is 6.10 Å². The number of aliphatic hydroxyl groups is 1. The van der Waals surface area contributed by atoms with Gasteiger partial charge in [0, 0.05) is 21.9 Å². The molecule has 0 fully saturated rings. The summed E-state index contributed by atoms with van der Waals surface area (Å²) < 4.78 is 1.26. The van der Waals surface area contributed by atoms with Crippen molar-refractivity contribution in [1.82, 2.24) is 0 Å². The Labute approximate surface area is 93.7 Å². The normalized spacial score (nSPS) is 9.87. The van der Waals surface area contributed by atoms with E-state index in [0.717, 1.165) is 4.88 Å². The van der Waals surface area contributed by atoms with Crippen molar-refractivity contribution >= 4 is 27.6 Å². The minimum atomic E-state index is -0.167. The van der Waals surface area contributed by atoms with Gasteiger partial charge in [-0.2, -0.15) is 0 Å². The van der Waals surface area contributed by atoms with Gasteiger partial charge in [0.2, 0.25) is 0 Å². The van der Waals surface area contributed by atoms with Crippen molar-refractivity contribution in [3.05, 3.63) is 35.2 Å². The zero-order chi connectivity index (χ0) is 11.3. The first kappa shape index (κ1) is 11.9. The quantitative estimate of drug-likeness (QED) is 0.713. The Morgan fingerprint density at radius 1 is 1.33 bits per heavy atom. The molecule has 0 atom stereocenters. The van der Waals surface area contributed by atoms with E-state index in [9.17, 15) is 0 Å². The molecule has 0 saturated heterocycles. The number of aliphatic hydroxyl groups excluding tert-OH is 1. The number of hydrogen-bond donors (Lipinski definition) is 2. The summed E-state index contributed by atoms with van der Waals surface area (Å²) in [6, 6.07) is 10.2. The van der Waals surface area contributed by atoms with Gasteiger partial charge in [-0.05, 0) is 31.4 Å². The predicted molar refractivity (Wildman–Crippen MR) is 67.1 cm³/mol. The predicted octanol–water partition coefficient (Wildman–Crippen LogP) is 3.29. The van der Waals surface area contributed by atoms with E-state index in [1.165, 1.54) is 16.3 Å². The van der Waals surface area contributed by atoms with Crippen LogP contribution in [0.15, 0.2) is 30.3 Å². The maximum absolute atomic E-state index is 8.06. The summed E-state index contributed by atoms with van der Waals surface area (Å²) >= 11 is 1.65. The second-order valence-electron chi connectivity index (χ2n) is 3.42. The van der Waals surface area contributed by atoms with Crippen LogP contribution >= 0.6 is 11.3 Å². The summed E-state index contributed by atoms with van der Waals surface area (Å²) in [5.41, 5.74) is 0. The van der Waals surface area contributed by atoms with Crippen LogP contribution in [0.5, 0.6) is 0 Å². The fourth-order valence-corrected chi connectivity index (χ4v) is 1.96. The lowest BCUT2D eigenvalue weighted by Gasteiger charge is -1.82. The van der Waals surface area contributed by atoms with Gasteiger partial charge >= 0.3 is 0 Å². The first-order chi connectivity index (χ1) is 7.13. The molecule has 0 aliphatic heterocycles. The van der Waals surface area contributed by atoms with E-state index in [0.29, 0.717) is 0 Å². The molecule has 0 amide bonds. The highest BCUT2D eigenvalue weighted by Crippen LogP contribution is 2.23. The number of nitrogens with one attached hydrogen (secondary N) is 1. The third kappa shape index (κ3) is 3.81. The molecule has 0 aliphatic rings. The number of fused-ring (bicyclic) bond motifs is 1. The Morgan fingerprint density at radius 2 is 1.93 bits per heavy atom. The molecule has 2 rings (SSSR count). The molecular weight excluding hydrogens is 206 g/mol. The number of hydrogen-bond acceptors (Lipinski definition) is 3. The molecule has 0 bridgehead atoms. The average Bonchev–Trinajstić information content (AvgIpc) is 2.59. The van der Waals surface area contributed by atoms with E-state index in [1.807, 2.05) is 18.2 Å². The standard InChI is InChI=1S/C9H7NS.C3H8O/c10-6-8-5-7-3-1-2-4-9(7)11-8;1-3(2)4/h1-6,10H;3-4H,1-2H3. The van der Waals surface area contributed by atoms with Gasteiger partial charge in [-0.25, -0.2) is 0 Å². The van der Waals surface area contributed by atoms with E-state index in [4.69, 9.17) is 10.5 Å². The highest BCUT2D eigenvalue weighted by molar-refractivity contribution is 7.20. The van der Waals surface area contributed by atoms with Crippen LogP contribution in [-0.2, 0) is 0 Å². The molecule has 80 valence electrons. The van der Waals surface area contributed by atoms with Crippen LogP contribution in [0, 0.1) is 5.41 Å². The zero-order valence-electron chi connectivity index (χ0n) is 8.90. The van der Waals surface area contributed by atoms with Crippen molar-refractivity contribution in [1.29, 1.82) is 5.41 Å². The van der Waals surface area contributed by atoms with Crippen molar-refractivity contribution in [2.45, 2.75) is 20.0 Å². The lowest BCUT2D eigenvalue weighted by Crippen LogP contribution is -1.85. The van der Waals surface area contributed by atoms with E-state index in [1.54, 1.807) is 25.2 Å². The summed E-state index contributed by atoms with van der Waals surface area (Å²) in [5, 5.41) is 16.3. The van der Waals surface area contributed by atoms with Gasteiger partial charge in [0.1, 0.15) is 0 Å². The van der Waals surface area contributed by atoms with Crippen molar-refractivity contribution < 1.29 is 5.11 Å². The van der Waals surface area contributed by atoms with E-state index >= 15 is 0 Å². The van der Waals surface area contributed by atoms with Crippen LogP contribution in [0.2, 0.25) is 0 Å². The largest absolute Gasteiger partial charge is 0.394 e. The molecule has 2 aromatic rings. The van der Waals surface area contributed by atoms with Crippen molar-refractivity contribution in [3.63, 3.8) is 0 Å². The lowest BCUT2D eigenvalue weighted by atomic mass is 10.2. The Hall–Kier alpha value is -1.19. The molecule has 2 N–H and O–H groups in total. The van der Waals surface area contributed by atoms with Gasteiger partial charge in [-0.15, -0.1) is 11.3 Å². The third-order valence-corrected chi connectivity index (χ3v) is 2.65. The SMILES string of the molecule is CC(C)O.N=Cc1cc2ccccc2s1. The lowest BCUT2D eigenvalue weighted by molar-refractivity contribution is 0.216. The smallest absolute Gasteiger partial charge is 0.0483 e. The first-order valence-electron chi connectivity index (χ1n) is 4.80. The molecule has 1 aromatic carbocycles. The zero-order valence-corrected chi connectivity index (χ0v) is 9.71. The van der Waals surface area contributed by atoms with Gasteiger partial charge in [0.25, 0.3) is 0 Å². The van der Waals surface area contributed by atoms with Gasteiger partial charge < -0.3 is 10.5 Å². The minimum Gasteiger partial charge on any atom is -0.394 e. The van der Waals surface area contributed by atoms with Gasteiger partial charge in [0.15, 0.2) is 0 Å². The molecule has 2 nitrogen and oxygen atoms in total. The second kappa shape index (κ2) is 5.63. The highest BCUT2D eigenvalue weighted by atomic mass is 32.1. The molecule has 1 heterocycles. The molecular formula is C12H15NOS. The van der Waals surface area contributed by atoms with E-state index in [2.05, 4.69) is 12.1 Å². The molecule has 0 spiro atoms. The maximum Gasteiger partial charge on any atom is 0.0483 e. The highest BCUT2D eigenvalue weighted by Gasteiger charge is 1.96. The van der Waals surface area contributed by atoms with Crippen LogP contribution < -0.4 is 0 Å². The Morgan fingerprint density at radius 3 is 2.47 bits per heavy atom. The summed E-state index contributed by atoms with van der Waals surface area (Å²) in [5.74, 6) is 0. The topological polar surface area (TPSA) is 44.1 Å². The average molecular weight is 221 g/mol. The Bertz CT molecular complexity index is 398. The van der Waals surface area contributed by atoms with Crippen LogP contribution in [0.25, 0.3) is 10.1 Å². The molecule has 0 unspecified atom stereocenters. The van der Waals surface area contributed by atoms with Crippen molar-refractivity contribution in [2.75, 3.05) is 0 Å². The van der Waals surface area contributed by atoms with Crippen LogP contribution in [0.4, 0.5) is 0 Å². The monoisotopic (exact) mass is 221 g/mol. The molecule has 1 aromatic heterocycles. The Kier molecular flexibility index (Phi) is 4.46. The maximum atomic E-state index is 8.06. The van der Waals surface area contributed by atoms with Gasteiger partial charge in [-0.3, -0.25) is 0 Å². The summed E-state index contributed by atoms with van der Waals surface area (Å²) in [6.07, 6.45) is 1.23. The van der Waals surface area contributed by atoms with Crippen LogP contribution in [-0.4, -0.2) is 17.4 Å². The molecule has 0 radical (unpaired) electrons. The minimum absolute atomic E-state index is 0.167. The fraction of sp³-hybridized carbons (Fsp3) is 0.250. The van der Waals surface area contributed by atoms with Crippen molar-refractivity contribution in [3.8, 4) is 0 Å². The molecule has 0 saturated carbocycles. The second-order valence-corrected chi connectivity index (χ2v) is 4.54. The Balaban J connectivity index is 0.000000245.